The van der Waals surface area contributed by atoms with E-state index in [-0.39, 0.29) is 6.04 Å². The van der Waals surface area contributed by atoms with Crippen LogP contribution in [-0.4, -0.2) is 49.3 Å². The van der Waals surface area contributed by atoms with Crippen molar-refractivity contribution in [2.45, 2.75) is 72.9 Å². The van der Waals surface area contributed by atoms with E-state index in [4.69, 9.17) is 9.47 Å². The fourth-order valence-electron chi connectivity index (χ4n) is 1.55. The van der Waals surface area contributed by atoms with Gasteiger partial charge in [-0.15, -0.1) is 0 Å². The fraction of sp³-hybridized carbons (Fsp3) is 0.824. The third kappa shape index (κ3) is 8.15. The van der Waals surface area contributed by atoms with E-state index in [2.05, 4.69) is 42.7 Å². The highest BCUT2D eigenvalue weighted by atomic mass is 16.5. The first-order valence-electron chi connectivity index (χ1n) is 8.34. The molecule has 0 N–H and O–H groups in total. The quantitative estimate of drug-likeness (QED) is 0.742. The molecule has 2 aliphatic rings. The summed E-state index contributed by atoms with van der Waals surface area (Å²) in [6.45, 7) is 16.5. The molecule has 0 aliphatic carbocycles. The van der Waals surface area contributed by atoms with E-state index in [1.807, 2.05) is 20.8 Å². The van der Waals surface area contributed by atoms with Gasteiger partial charge in [-0.05, 0) is 20.8 Å². The summed E-state index contributed by atoms with van der Waals surface area (Å²) in [5.41, 5.74) is -0.436. The number of hydrogen-bond acceptors (Lipinski definition) is 5. The molecule has 0 aromatic rings. The molecule has 5 heteroatoms. The van der Waals surface area contributed by atoms with E-state index < -0.39 is 5.54 Å². The molecule has 1 atom stereocenters. The number of hydrogen-bond donors (Lipinski definition) is 0. The van der Waals surface area contributed by atoms with Gasteiger partial charge >= 0.3 is 0 Å². The minimum atomic E-state index is -0.436. The summed E-state index contributed by atoms with van der Waals surface area (Å²) in [6.07, 6.45) is 4.16. The van der Waals surface area contributed by atoms with Crippen LogP contribution < -0.4 is 0 Å². The lowest BCUT2D eigenvalue weighted by molar-refractivity contribution is 0.319. The molecule has 2 aliphatic heterocycles. The standard InChI is InChI=1S/C11H17N3O2.2C3H8/c1-8-7-16-9(14-8)6-13-11(2,3)10-12-4-5-15-10;2*1-3-2/h6,8H,4-5,7H2,1-3H3;2*3H2,1-2H3. The van der Waals surface area contributed by atoms with E-state index >= 15 is 0 Å². The Balaban J connectivity index is 0.000000639. The molecule has 0 amide bonds. The minimum Gasteiger partial charge on any atom is -0.477 e. The Bertz CT molecular complexity index is 385. The van der Waals surface area contributed by atoms with E-state index in [0.717, 1.165) is 6.54 Å². The second-order valence-electron chi connectivity index (χ2n) is 5.89. The van der Waals surface area contributed by atoms with Crippen molar-refractivity contribution in [1.82, 2.24) is 0 Å². The van der Waals surface area contributed by atoms with Crippen LogP contribution in [0.25, 0.3) is 0 Å². The predicted octanol–water partition coefficient (Wildman–Crippen LogP) is 3.91. The first-order valence-corrected chi connectivity index (χ1v) is 8.34. The van der Waals surface area contributed by atoms with Gasteiger partial charge in [-0.25, -0.2) is 9.98 Å². The Labute approximate surface area is 135 Å². The van der Waals surface area contributed by atoms with Crippen molar-refractivity contribution in [2.75, 3.05) is 19.8 Å². The first kappa shape index (κ1) is 20.6. The van der Waals surface area contributed by atoms with Gasteiger partial charge in [-0.3, -0.25) is 4.99 Å². The summed E-state index contributed by atoms with van der Waals surface area (Å²) < 4.78 is 10.8. The second-order valence-corrected chi connectivity index (χ2v) is 5.89. The van der Waals surface area contributed by atoms with Gasteiger partial charge in [0.25, 0.3) is 0 Å². The van der Waals surface area contributed by atoms with Gasteiger partial charge in [-0.1, -0.05) is 40.5 Å². The first-order chi connectivity index (χ1) is 10.4. The number of aliphatic imine (C=N–C) groups is 3. The molecule has 0 aromatic carbocycles. The molecular weight excluding hydrogens is 278 g/mol. The largest absolute Gasteiger partial charge is 0.477 e. The van der Waals surface area contributed by atoms with Gasteiger partial charge in [0.15, 0.2) is 0 Å². The van der Waals surface area contributed by atoms with Crippen molar-refractivity contribution in [3.63, 3.8) is 0 Å². The van der Waals surface area contributed by atoms with Crippen LogP contribution in [0.1, 0.15) is 61.3 Å². The molecule has 1 unspecified atom stereocenters. The highest BCUT2D eigenvalue weighted by Crippen LogP contribution is 2.16. The average Bonchev–Trinajstić information content (AvgIpc) is 3.10. The van der Waals surface area contributed by atoms with Crippen molar-refractivity contribution in [2.24, 2.45) is 15.0 Å². The summed E-state index contributed by atoms with van der Waals surface area (Å²) in [7, 11) is 0. The molecule has 22 heavy (non-hydrogen) atoms. The van der Waals surface area contributed by atoms with Gasteiger partial charge in [-0.2, -0.15) is 0 Å². The summed E-state index contributed by atoms with van der Waals surface area (Å²) in [6, 6.07) is 0.227. The summed E-state index contributed by atoms with van der Waals surface area (Å²) >= 11 is 0. The number of ether oxygens (including phenoxy) is 2. The zero-order valence-electron chi connectivity index (χ0n) is 15.3. The van der Waals surface area contributed by atoms with Gasteiger partial charge in [0, 0.05) is 0 Å². The van der Waals surface area contributed by atoms with E-state index in [1.165, 1.54) is 12.8 Å². The second kappa shape index (κ2) is 11.2. The average molecular weight is 311 g/mol. The molecular formula is C17H33N3O2. The van der Waals surface area contributed by atoms with Gasteiger partial charge in [0.1, 0.15) is 18.8 Å². The Morgan fingerprint density at radius 2 is 1.77 bits per heavy atom. The molecule has 2 heterocycles. The Hall–Kier alpha value is -1.39. The van der Waals surface area contributed by atoms with E-state index in [1.54, 1.807) is 6.21 Å². The molecule has 5 nitrogen and oxygen atoms in total. The zero-order chi connectivity index (χ0) is 17.0. The van der Waals surface area contributed by atoms with Gasteiger partial charge in [0.05, 0.1) is 18.8 Å². The van der Waals surface area contributed by atoms with Gasteiger partial charge in [0.2, 0.25) is 11.8 Å². The van der Waals surface area contributed by atoms with Crippen molar-refractivity contribution in [1.29, 1.82) is 0 Å². The molecule has 128 valence electrons. The Kier molecular flexibility index (Phi) is 10.5. The summed E-state index contributed by atoms with van der Waals surface area (Å²) in [5.74, 6) is 1.29. The topological polar surface area (TPSA) is 55.5 Å². The Morgan fingerprint density at radius 3 is 2.18 bits per heavy atom. The molecule has 2 rings (SSSR count). The van der Waals surface area contributed by atoms with Crippen molar-refractivity contribution in [3.8, 4) is 0 Å². The van der Waals surface area contributed by atoms with Crippen molar-refractivity contribution in [3.05, 3.63) is 0 Å². The van der Waals surface area contributed by atoms with Crippen LogP contribution in [0.3, 0.4) is 0 Å². The number of rotatable bonds is 3. The molecule has 0 saturated carbocycles. The Morgan fingerprint density at radius 1 is 1.18 bits per heavy atom. The van der Waals surface area contributed by atoms with Crippen LogP contribution in [0.2, 0.25) is 0 Å². The number of nitrogens with zero attached hydrogens (tertiary/aromatic N) is 3. The van der Waals surface area contributed by atoms with Crippen LogP contribution >= 0.6 is 0 Å². The summed E-state index contributed by atoms with van der Waals surface area (Å²) in [5, 5.41) is 0. The lowest BCUT2D eigenvalue weighted by Gasteiger charge is -2.18. The van der Waals surface area contributed by atoms with Gasteiger partial charge < -0.3 is 9.47 Å². The molecule has 0 fully saturated rings. The van der Waals surface area contributed by atoms with Crippen LogP contribution in [-0.2, 0) is 9.47 Å². The maximum absolute atomic E-state index is 5.41. The van der Waals surface area contributed by atoms with Crippen LogP contribution in [0.4, 0.5) is 0 Å². The SMILES string of the molecule is CC1COC(C=NC(C)(C)C2=NCCO2)=N1.CCC.CCC. The normalized spacial score (nSPS) is 20.0. The maximum atomic E-state index is 5.41. The molecule has 0 radical (unpaired) electrons. The third-order valence-electron chi connectivity index (χ3n) is 2.43. The van der Waals surface area contributed by atoms with E-state index in [0.29, 0.717) is 25.0 Å². The fourth-order valence-corrected chi connectivity index (χ4v) is 1.55. The van der Waals surface area contributed by atoms with Crippen molar-refractivity contribution < 1.29 is 9.47 Å². The zero-order valence-corrected chi connectivity index (χ0v) is 15.3. The molecule has 0 aromatic heterocycles. The van der Waals surface area contributed by atoms with Crippen molar-refractivity contribution >= 4 is 18.0 Å². The van der Waals surface area contributed by atoms with Crippen LogP contribution in [0.5, 0.6) is 0 Å². The molecule has 0 spiro atoms. The van der Waals surface area contributed by atoms with E-state index in [9.17, 15) is 0 Å². The van der Waals surface area contributed by atoms with Crippen LogP contribution in [0.15, 0.2) is 15.0 Å². The smallest absolute Gasteiger partial charge is 0.227 e. The lowest BCUT2D eigenvalue weighted by atomic mass is 10.1. The minimum absolute atomic E-state index is 0.227. The predicted molar refractivity (Wildman–Crippen MR) is 95.6 cm³/mol. The maximum Gasteiger partial charge on any atom is 0.227 e. The van der Waals surface area contributed by atoms with Crippen LogP contribution in [0, 0.1) is 0 Å². The molecule has 0 saturated heterocycles. The monoisotopic (exact) mass is 311 g/mol. The molecule has 0 bridgehead atoms. The highest BCUT2D eigenvalue weighted by Gasteiger charge is 2.28. The lowest BCUT2D eigenvalue weighted by Crippen LogP contribution is -2.30. The highest BCUT2D eigenvalue weighted by molar-refractivity contribution is 6.27. The third-order valence-corrected chi connectivity index (χ3v) is 2.43. The summed E-state index contributed by atoms with van der Waals surface area (Å²) in [4.78, 5) is 13.0.